The molecule has 20 heavy (non-hydrogen) atoms. The van der Waals surface area contributed by atoms with Crippen molar-refractivity contribution in [1.82, 2.24) is 0 Å². The third-order valence-corrected chi connectivity index (χ3v) is 2.73. The van der Waals surface area contributed by atoms with Crippen LogP contribution in [0.1, 0.15) is 20.3 Å². The molecular formula is C10H13F2O7S-. The lowest BCUT2D eigenvalue weighted by atomic mass is 10.3. The van der Waals surface area contributed by atoms with E-state index in [1.165, 1.54) is 13.8 Å². The first-order chi connectivity index (χ1) is 8.86. The van der Waals surface area contributed by atoms with Crippen molar-refractivity contribution in [1.29, 1.82) is 0 Å². The van der Waals surface area contributed by atoms with Crippen molar-refractivity contribution in [3.05, 3.63) is 12.2 Å². The summed E-state index contributed by atoms with van der Waals surface area (Å²) in [6.45, 7) is 4.07. The van der Waals surface area contributed by atoms with Crippen LogP contribution in [-0.2, 0) is 29.2 Å². The maximum absolute atomic E-state index is 12.7. The Kier molecular flexibility index (Phi) is 6.23. The molecular weight excluding hydrogens is 302 g/mol. The Labute approximate surface area is 114 Å². The van der Waals surface area contributed by atoms with Gasteiger partial charge in [0.2, 0.25) is 0 Å². The molecule has 1 unspecified atom stereocenters. The minimum Gasteiger partial charge on any atom is -0.743 e. The van der Waals surface area contributed by atoms with Crippen LogP contribution >= 0.6 is 0 Å². The second-order valence-corrected chi connectivity index (χ2v) is 5.46. The summed E-state index contributed by atoms with van der Waals surface area (Å²) in [5, 5.41) is -4.71. The molecule has 0 bridgehead atoms. The van der Waals surface area contributed by atoms with E-state index in [1.807, 2.05) is 0 Å². The molecule has 0 N–H and O–H groups in total. The SMILES string of the molecule is C=C(C)C(=O)OC(C)CC(=O)OCC(F)(F)S(=O)(=O)[O-]. The number of alkyl halides is 2. The summed E-state index contributed by atoms with van der Waals surface area (Å²) in [6.07, 6.45) is -1.56. The van der Waals surface area contributed by atoms with Crippen molar-refractivity contribution < 1.29 is 40.8 Å². The minimum atomic E-state index is -5.91. The Balaban J connectivity index is 4.32. The van der Waals surface area contributed by atoms with Crippen LogP contribution in [0.4, 0.5) is 8.78 Å². The summed E-state index contributed by atoms with van der Waals surface area (Å²) in [6, 6.07) is 0. The predicted octanol–water partition coefficient (Wildman–Crippen LogP) is 0.565. The van der Waals surface area contributed by atoms with Gasteiger partial charge in [-0.05, 0) is 13.8 Å². The van der Waals surface area contributed by atoms with E-state index in [-0.39, 0.29) is 5.57 Å². The zero-order valence-electron chi connectivity index (χ0n) is 10.7. The Morgan fingerprint density at radius 3 is 2.30 bits per heavy atom. The van der Waals surface area contributed by atoms with Crippen molar-refractivity contribution >= 4 is 22.1 Å². The average Bonchev–Trinajstić information content (AvgIpc) is 2.24. The number of halogens is 2. The van der Waals surface area contributed by atoms with Crippen LogP contribution in [0.2, 0.25) is 0 Å². The number of esters is 2. The van der Waals surface area contributed by atoms with Crippen LogP contribution in [0.15, 0.2) is 12.2 Å². The summed E-state index contributed by atoms with van der Waals surface area (Å²) in [4.78, 5) is 22.2. The molecule has 10 heteroatoms. The van der Waals surface area contributed by atoms with Crippen molar-refractivity contribution in [2.45, 2.75) is 31.6 Å². The molecule has 0 saturated carbocycles. The second-order valence-electron chi connectivity index (χ2n) is 3.95. The number of carbonyl (C=O) groups excluding carboxylic acids is 2. The number of rotatable bonds is 7. The minimum absolute atomic E-state index is 0.0780. The van der Waals surface area contributed by atoms with E-state index in [2.05, 4.69) is 16.1 Å². The summed E-state index contributed by atoms with van der Waals surface area (Å²) >= 11 is 0. The van der Waals surface area contributed by atoms with Crippen molar-refractivity contribution in [3.63, 3.8) is 0 Å². The quantitative estimate of drug-likeness (QED) is 0.383. The van der Waals surface area contributed by atoms with Gasteiger partial charge in [0.15, 0.2) is 16.7 Å². The third-order valence-electron chi connectivity index (χ3n) is 1.88. The normalized spacial score (nSPS) is 13.4. The summed E-state index contributed by atoms with van der Waals surface area (Å²) in [5.41, 5.74) is 0.0780. The van der Waals surface area contributed by atoms with Crippen LogP contribution in [0.5, 0.6) is 0 Å². The third kappa shape index (κ3) is 6.06. The van der Waals surface area contributed by atoms with Gasteiger partial charge in [-0.2, -0.15) is 8.78 Å². The molecule has 0 rings (SSSR count). The van der Waals surface area contributed by atoms with E-state index >= 15 is 0 Å². The average molecular weight is 315 g/mol. The van der Waals surface area contributed by atoms with Crippen LogP contribution in [-0.4, -0.2) is 42.9 Å². The van der Waals surface area contributed by atoms with Crippen molar-refractivity contribution in [2.75, 3.05) is 6.61 Å². The molecule has 0 radical (unpaired) electrons. The van der Waals surface area contributed by atoms with Crippen molar-refractivity contribution in [3.8, 4) is 0 Å². The van der Waals surface area contributed by atoms with Crippen LogP contribution in [0, 0.1) is 0 Å². The highest BCUT2D eigenvalue weighted by molar-refractivity contribution is 7.86. The highest BCUT2D eigenvalue weighted by Gasteiger charge is 2.39. The first-order valence-corrected chi connectivity index (χ1v) is 6.63. The van der Waals surface area contributed by atoms with E-state index < -0.39 is 46.4 Å². The smallest absolute Gasteiger partial charge is 0.367 e. The Morgan fingerprint density at radius 2 is 1.90 bits per heavy atom. The molecule has 0 aromatic heterocycles. The summed E-state index contributed by atoms with van der Waals surface area (Å²) < 4.78 is 64.4. The Bertz CT molecular complexity index is 498. The number of carbonyl (C=O) groups is 2. The molecule has 0 fully saturated rings. The molecule has 7 nitrogen and oxygen atoms in total. The molecule has 0 heterocycles. The fourth-order valence-corrected chi connectivity index (χ4v) is 1.06. The number of hydrogen-bond acceptors (Lipinski definition) is 7. The molecule has 0 spiro atoms. The number of hydrogen-bond donors (Lipinski definition) is 0. The predicted molar refractivity (Wildman–Crippen MR) is 60.6 cm³/mol. The van der Waals surface area contributed by atoms with Gasteiger partial charge in [-0.1, -0.05) is 6.58 Å². The second kappa shape index (κ2) is 6.75. The lowest BCUT2D eigenvalue weighted by molar-refractivity contribution is -0.155. The molecule has 0 aromatic rings. The molecule has 0 aliphatic rings. The lowest BCUT2D eigenvalue weighted by Crippen LogP contribution is -2.35. The highest BCUT2D eigenvalue weighted by atomic mass is 32.2. The van der Waals surface area contributed by atoms with Crippen LogP contribution < -0.4 is 0 Å². The van der Waals surface area contributed by atoms with Gasteiger partial charge in [-0.3, -0.25) is 4.79 Å². The van der Waals surface area contributed by atoms with Gasteiger partial charge in [0.1, 0.15) is 6.10 Å². The van der Waals surface area contributed by atoms with E-state index in [0.717, 1.165) is 0 Å². The monoisotopic (exact) mass is 315 g/mol. The first kappa shape index (κ1) is 18.4. The fraction of sp³-hybridized carbons (Fsp3) is 0.600. The Morgan fingerprint density at radius 1 is 1.40 bits per heavy atom. The topological polar surface area (TPSA) is 110 Å². The van der Waals surface area contributed by atoms with Gasteiger partial charge in [0, 0.05) is 5.57 Å². The zero-order chi connectivity index (χ0) is 16.1. The van der Waals surface area contributed by atoms with Gasteiger partial charge in [0.25, 0.3) is 0 Å². The van der Waals surface area contributed by atoms with E-state index in [0.29, 0.717) is 0 Å². The first-order valence-electron chi connectivity index (χ1n) is 5.22. The standard InChI is InChI=1S/C10H14F2O7S/c1-6(2)9(14)19-7(3)4-8(13)18-5-10(11,12)20(15,16)17/h7H,1,4-5H2,2-3H3,(H,15,16,17)/p-1. The Hall–Kier alpha value is -1.55. The van der Waals surface area contributed by atoms with E-state index in [4.69, 9.17) is 0 Å². The summed E-state index contributed by atoms with van der Waals surface area (Å²) in [7, 11) is -5.91. The van der Waals surface area contributed by atoms with E-state index in [9.17, 15) is 31.3 Å². The van der Waals surface area contributed by atoms with Crippen LogP contribution in [0.25, 0.3) is 0 Å². The lowest BCUT2D eigenvalue weighted by Gasteiger charge is -2.20. The fourth-order valence-electron chi connectivity index (χ4n) is 0.855. The summed E-state index contributed by atoms with van der Waals surface area (Å²) in [5.74, 6) is -2.02. The maximum atomic E-state index is 12.7. The molecule has 0 amide bonds. The largest absolute Gasteiger partial charge is 0.743 e. The van der Waals surface area contributed by atoms with E-state index in [1.54, 1.807) is 0 Å². The van der Waals surface area contributed by atoms with Gasteiger partial charge >= 0.3 is 17.2 Å². The molecule has 116 valence electrons. The highest BCUT2D eigenvalue weighted by Crippen LogP contribution is 2.20. The van der Waals surface area contributed by atoms with Gasteiger partial charge in [-0.25, -0.2) is 13.2 Å². The molecule has 0 saturated heterocycles. The molecule has 1 atom stereocenters. The molecule has 0 aromatic carbocycles. The maximum Gasteiger partial charge on any atom is 0.367 e. The van der Waals surface area contributed by atoms with Gasteiger partial charge < -0.3 is 14.0 Å². The molecule has 0 aliphatic carbocycles. The van der Waals surface area contributed by atoms with Crippen LogP contribution in [0.3, 0.4) is 0 Å². The molecule has 0 aliphatic heterocycles. The zero-order valence-corrected chi connectivity index (χ0v) is 11.5. The van der Waals surface area contributed by atoms with Gasteiger partial charge in [0.05, 0.1) is 6.42 Å². The number of ether oxygens (including phenoxy) is 2. The van der Waals surface area contributed by atoms with Crippen molar-refractivity contribution in [2.24, 2.45) is 0 Å². The van der Waals surface area contributed by atoms with Gasteiger partial charge in [-0.15, -0.1) is 0 Å².